The van der Waals surface area contributed by atoms with Crippen molar-refractivity contribution in [2.24, 2.45) is 0 Å². The Morgan fingerprint density at radius 1 is 0.607 bits per heavy atom. The average molecular weight is 383 g/mol. The maximum absolute atomic E-state index is 11.0. The highest BCUT2D eigenvalue weighted by Crippen LogP contribution is 2.41. The predicted molar refractivity (Wildman–Crippen MR) is 120 cm³/mol. The fraction of sp³-hybridized carbons (Fsp3) is 0.538. The molecule has 0 fully saturated rings. The molecular weight excluding hydrogens is 344 g/mol. The van der Waals surface area contributed by atoms with E-state index in [1.54, 1.807) is 0 Å². The van der Waals surface area contributed by atoms with E-state index in [1.165, 1.54) is 0 Å². The number of aryl methyl sites for hydroxylation is 1. The van der Waals surface area contributed by atoms with Crippen LogP contribution in [0.25, 0.3) is 0 Å². The lowest BCUT2D eigenvalue weighted by Gasteiger charge is -2.28. The zero-order chi connectivity index (χ0) is 21.7. The molecule has 0 aliphatic carbocycles. The van der Waals surface area contributed by atoms with Crippen molar-refractivity contribution >= 4 is 0 Å². The Kier molecular flexibility index (Phi) is 5.69. The van der Waals surface area contributed by atoms with Crippen molar-refractivity contribution in [3.8, 4) is 11.5 Å². The number of hydrogen-bond acceptors (Lipinski definition) is 2. The maximum Gasteiger partial charge on any atom is 0.123 e. The summed E-state index contributed by atoms with van der Waals surface area (Å²) in [4.78, 5) is 0. The van der Waals surface area contributed by atoms with Gasteiger partial charge in [0.2, 0.25) is 0 Å². The van der Waals surface area contributed by atoms with Gasteiger partial charge < -0.3 is 10.2 Å². The average Bonchev–Trinajstić information content (AvgIpc) is 2.48. The molecule has 154 valence electrons. The summed E-state index contributed by atoms with van der Waals surface area (Å²) in [5, 5.41) is 21.9. The minimum absolute atomic E-state index is 0.118. The summed E-state index contributed by atoms with van der Waals surface area (Å²) in [6.07, 6.45) is 0.642. The van der Waals surface area contributed by atoms with Gasteiger partial charge >= 0.3 is 0 Å². The van der Waals surface area contributed by atoms with Crippen molar-refractivity contribution < 1.29 is 10.2 Å². The largest absolute Gasteiger partial charge is 0.507 e. The van der Waals surface area contributed by atoms with E-state index in [0.717, 1.165) is 33.4 Å². The second-order valence-electron chi connectivity index (χ2n) is 11.3. The van der Waals surface area contributed by atoms with Gasteiger partial charge in [-0.15, -0.1) is 0 Å². The van der Waals surface area contributed by atoms with Crippen LogP contribution in [0.3, 0.4) is 0 Å². The molecule has 0 radical (unpaired) electrons. The van der Waals surface area contributed by atoms with E-state index in [9.17, 15) is 10.2 Å². The SMILES string of the molecule is Cc1cc(Cc2cc(C(C)(C)C)c(O)c(C(C)(C)C)c2)c(O)c(C(C)(C)C)c1. The number of rotatable bonds is 2. The third kappa shape index (κ3) is 4.71. The van der Waals surface area contributed by atoms with Crippen LogP contribution in [0.2, 0.25) is 0 Å². The van der Waals surface area contributed by atoms with Crippen molar-refractivity contribution in [2.75, 3.05) is 0 Å². The van der Waals surface area contributed by atoms with E-state index in [-0.39, 0.29) is 16.2 Å². The molecule has 2 aromatic rings. The van der Waals surface area contributed by atoms with Gasteiger partial charge in [0, 0.05) is 6.42 Å². The highest BCUT2D eigenvalue weighted by Gasteiger charge is 2.27. The lowest BCUT2D eigenvalue weighted by Crippen LogP contribution is -2.18. The van der Waals surface area contributed by atoms with E-state index in [0.29, 0.717) is 17.9 Å². The molecule has 2 nitrogen and oxygen atoms in total. The Morgan fingerprint density at radius 3 is 1.39 bits per heavy atom. The van der Waals surface area contributed by atoms with Crippen LogP contribution in [-0.4, -0.2) is 10.2 Å². The first-order chi connectivity index (χ1) is 12.5. The van der Waals surface area contributed by atoms with Gasteiger partial charge in [-0.25, -0.2) is 0 Å². The van der Waals surface area contributed by atoms with Gasteiger partial charge in [-0.2, -0.15) is 0 Å². The first-order valence-corrected chi connectivity index (χ1v) is 10.2. The van der Waals surface area contributed by atoms with Crippen LogP contribution in [0.1, 0.15) is 95.7 Å². The van der Waals surface area contributed by atoms with Crippen LogP contribution in [0.4, 0.5) is 0 Å². The third-order valence-corrected chi connectivity index (χ3v) is 5.32. The lowest BCUT2D eigenvalue weighted by atomic mass is 9.77. The number of aromatic hydroxyl groups is 2. The molecule has 0 spiro atoms. The summed E-state index contributed by atoms with van der Waals surface area (Å²) in [6.45, 7) is 21.2. The lowest BCUT2D eigenvalue weighted by molar-refractivity contribution is 0.422. The Labute approximate surface area is 171 Å². The summed E-state index contributed by atoms with van der Waals surface area (Å²) in [7, 11) is 0. The van der Waals surface area contributed by atoms with Crippen molar-refractivity contribution in [3.63, 3.8) is 0 Å². The Hall–Kier alpha value is -1.96. The first-order valence-electron chi connectivity index (χ1n) is 10.2. The molecule has 0 aliphatic rings. The van der Waals surface area contributed by atoms with E-state index in [2.05, 4.69) is 93.5 Å². The summed E-state index contributed by atoms with van der Waals surface area (Å²) in [5.41, 5.74) is 5.67. The molecule has 0 aliphatic heterocycles. The molecule has 0 amide bonds. The molecule has 2 rings (SSSR count). The van der Waals surface area contributed by atoms with E-state index in [4.69, 9.17) is 0 Å². The summed E-state index contributed by atoms with van der Waals surface area (Å²) in [5.74, 6) is 0.786. The van der Waals surface area contributed by atoms with E-state index >= 15 is 0 Å². The molecule has 0 bridgehead atoms. The van der Waals surface area contributed by atoms with Crippen LogP contribution >= 0.6 is 0 Å². The van der Waals surface area contributed by atoms with Crippen LogP contribution in [0.15, 0.2) is 24.3 Å². The highest BCUT2D eigenvalue weighted by atomic mass is 16.3. The van der Waals surface area contributed by atoms with Crippen LogP contribution in [-0.2, 0) is 22.7 Å². The Balaban J connectivity index is 2.67. The van der Waals surface area contributed by atoms with Gasteiger partial charge in [-0.1, -0.05) is 92.1 Å². The van der Waals surface area contributed by atoms with Gasteiger partial charge in [-0.3, -0.25) is 0 Å². The monoisotopic (exact) mass is 382 g/mol. The summed E-state index contributed by atoms with van der Waals surface area (Å²) < 4.78 is 0. The van der Waals surface area contributed by atoms with Crippen LogP contribution < -0.4 is 0 Å². The number of phenols is 2. The fourth-order valence-corrected chi connectivity index (χ4v) is 3.72. The van der Waals surface area contributed by atoms with Gasteiger partial charge in [-0.05, 0) is 51.0 Å². The zero-order valence-electron chi connectivity index (χ0n) is 19.4. The minimum Gasteiger partial charge on any atom is -0.507 e. The molecule has 2 N–H and O–H groups in total. The molecular formula is C26H38O2. The molecule has 0 saturated heterocycles. The van der Waals surface area contributed by atoms with Gasteiger partial charge in [0.1, 0.15) is 11.5 Å². The van der Waals surface area contributed by atoms with Crippen molar-refractivity contribution in [1.82, 2.24) is 0 Å². The quantitative estimate of drug-likeness (QED) is 0.593. The Bertz CT molecular complexity index is 834. The molecule has 0 heterocycles. The number of benzene rings is 2. The number of hydrogen-bond donors (Lipinski definition) is 2. The predicted octanol–water partition coefficient (Wildman–Crippen LogP) is 6.89. The van der Waals surface area contributed by atoms with Crippen molar-refractivity contribution in [1.29, 1.82) is 0 Å². The highest BCUT2D eigenvalue weighted by molar-refractivity contribution is 5.53. The second kappa shape index (κ2) is 7.13. The van der Waals surface area contributed by atoms with Gasteiger partial charge in [0.25, 0.3) is 0 Å². The third-order valence-electron chi connectivity index (χ3n) is 5.32. The Morgan fingerprint density at radius 2 is 1.00 bits per heavy atom. The molecule has 2 heteroatoms. The molecule has 28 heavy (non-hydrogen) atoms. The van der Waals surface area contributed by atoms with E-state index < -0.39 is 0 Å². The molecule has 2 aromatic carbocycles. The standard InChI is InChI=1S/C26H38O2/c1-16-11-18(22(27)19(12-16)24(2,3)4)13-17-14-20(25(5,6)7)23(28)21(15-17)26(8,9)10/h11-12,14-15,27-28H,13H2,1-10H3. The molecule has 0 saturated carbocycles. The normalized spacial score (nSPS) is 13.1. The van der Waals surface area contributed by atoms with Crippen LogP contribution in [0, 0.1) is 6.92 Å². The van der Waals surface area contributed by atoms with Gasteiger partial charge in [0.05, 0.1) is 0 Å². The first kappa shape index (κ1) is 22.3. The fourth-order valence-electron chi connectivity index (χ4n) is 3.72. The maximum atomic E-state index is 11.0. The summed E-state index contributed by atoms with van der Waals surface area (Å²) >= 11 is 0. The molecule has 0 atom stereocenters. The minimum atomic E-state index is -0.161. The topological polar surface area (TPSA) is 40.5 Å². The number of phenolic OH excluding ortho intramolecular Hbond substituents is 2. The molecule has 0 aromatic heterocycles. The van der Waals surface area contributed by atoms with Crippen LogP contribution in [0.5, 0.6) is 11.5 Å². The van der Waals surface area contributed by atoms with E-state index in [1.807, 2.05) is 0 Å². The molecule has 0 unspecified atom stereocenters. The zero-order valence-corrected chi connectivity index (χ0v) is 19.4. The van der Waals surface area contributed by atoms with Crippen molar-refractivity contribution in [2.45, 2.75) is 91.9 Å². The van der Waals surface area contributed by atoms with Gasteiger partial charge in [0.15, 0.2) is 0 Å². The smallest absolute Gasteiger partial charge is 0.123 e. The summed E-state index contributed by atoms with van der Waals surface area (Å²) in [6, 6.07) is 8.36. The second-order valence-corrected chi connectivity index (χ2v) is 11.3. The van der Waals surface area contributed by atoms with Crippen molar-refractivity contribution in [3.05, 3.63) is 57.6 Å².